The normalized spacial score (nSPS) is 10.7. The summed E-state index contributed by atoms with van der Waals surface area (Å²) in [5.41, 5.74) is 0.360. The number of aromatic nitrogens is 2. The van der Waals surface area contributed by atoms with Crippen LogP contribution in [-0.2, 0) is 24.8 Å². The quantitative estimate of drug-likeness (QED) is 0.880. The van der Waals surface area contributed by atoms with Crippen molar-refractivity contribution in [2.75, 3.05) is 0 Å². The molecule has 0 radical (unpaired) electrons. The van der Waals surface area contributed by atoms with Crippen molar-refractivity contribution < 1.29 is 18.0 Å². The second-order valence-corrected chi connectivity index (χ2v) is 4.73. The van der Waals surface area contributed by atoms with E-state index in [0.717, 1.165) is 12.3 Å². The second kappa shape index (κ2) is 6.17. The Kier molecular flexibility index (Phi) is 4.52. The van der Waals surface area contributed by atoms with Crippen LogP contribution in [0.15, 0.2) is 18.3 Å². The summed E-state index contributed by atoms with van der Waals surface area (Å²) in [7, 11) is 1.51. The highest BCUT2D eigenvalue weighted by molar-refractivity contribution is 6.31. The molecule has 0 spiro atoms. The number of aryl methyl sites for hydroxylation is 1. The molecule has 0 bridgehead atoms. The standard InChI is InChI=1S/C13H11ClF3N3O/c1-20-10(9(16)6-19-20)4-11(21)18-5-7-2-3-8(15)13(17)12(7)14/h2-3,6H,4-5H2,1H3,(H,18,21). The monoisotopic (exact) mass is 317 g/mol. The van der Waals surface area contributed by atoms with E-state index in [1.807, 2.05) is 0 Å². The predicted octanol–water partition coefficient (Wildman–Crippen LogP) is 2.35. The minimum Gasteiger partial charge on any atom is -0.352 e. The molecule has 1 aromatic carbocycles. The average molecular weight is 318 g/mol. The zero-order chi connectivity index (χ0) is 15.6. The molecule has 0 atom stereocenters. The molecule has 0 aliphatic carbocycles. The summed E-state index contributed by atoms with van der Waals surface area (Å²) in [5.74, 6) is -3.30. The summed E-state index contributed by atoms with van der Waals surface area (Å²) >= 11 is 5.63. The van der Waals surface area contributed by atoms with E-state index in [9.17, 15) is 18.0 Å². The Balaban J connectivity index is 2.01. The summed E-state index contributed by atoms with van der Waals surface area (Å²) in [5, 5.41) is 5.74. The highest BCUT2D eigenvalue weighted by Crippen LogP contribution is 2.22. The van der Waals surface area contributed by atoms with E-state index in [2.05, 4.69) is 10.4 Å². The van der Waals surface area contributed by atoms with E-state index < -0.39 is 23.4 Å². The van der Waals surface area contributed by atoms with Gasteiger partial charge in [0.05, 0.1) is 23.3 Å². The molecule has 8 heteroatoms. The first kappa shape index (κ1) is 15.4. The lowest BCUT2D eigenvalue weighted by Gasteiger charge is -2.08. The molecule has 1 heterocycles. The number of halogens is 4. The van der Waals surface area contributed by atoms with E-state index in [4.69, 9.17) is 11.6 Å². The van der Waals surface area contributed by atoms with Crippen LogP contribution in [0.3, 0.4) is 0 Å². The maximum Gasteiger partial charge on any atom is 0.226 e. The van der Waals surface area contributed by atoms with Crippen molar-refractivity contribution in [2.45, 2.75) is 13.0 Å². The number of nitrogens with zero attached hydrogens (tertiary/aromatic N) is 2. The number of carbonyl (C=O) groups is 1. The van der Waals surface area contributed by atoms with Crippen LogP contribution in [0, 0.1) is 17.5 Å². The Labute approximate surface area is 123 Å². The fourth-order valence-corrected chi connectivity index (χ4v) is 1.97. The first-order valence-electron chi connectivity index (χ1n) is 5.95. The lowest BCUT2D eigenvalue weighted by atomic mass is 10.2. The molecule has 112 valence electrons. The smallest absolute Gasteiger partial charge is 0.226 e. The topological polar surface area (TPSA) is 46.9 Å². The first-order valence-corrected chi connectivity index (χ1v) is 6.33. The van der Waals surface area contributed by atoms with Crippen LogP contribution >= 0.6 is 11.6 Å². The zero-order valence-corrected chi connectivity index (χ0v) is 11.7. The van der Waals surface area contributed by atoms with Gasteiger partial charge in [-0.3, -0.25) is 9.48 Å². The van der Waals surface area contributed by atoms with Crippen LogP contribution < -0.4 is 5.32 Å². The molecule has 1 aromatic heterocycles. The SMILES string of the molecule is Cn1ncc(F)c1CC(=O)NCc1ccc(F)c(F)c1Cl. The molecule has 0 aliphatic rings. The third-order valence-electron chi connectivity index (χ3n) is 2.93. The zero-order valence-electron chi connectivity index (χ0n) is 11.0. The van der Waals surface area contributed by atoms with Gasteiger partial charge in [0.1, 0.15) is 0 Å². The van der Waals surface area contributed by atoms with Crippen LogP contribution in [0.4, 0.5) is 13.2 Å². The summed E-state index contributed by atoms with van der Waals surface area (Å²) in [6.45, 7) is -0.0890. The Hall–Kier alpha value is -2.02. The van der Waals surface area contributed by atoms with Crippen molar-refractivity contribution in [3.05, 3.63) is 52.1 Å². The van der Waals surface area contributed by atoms with Gasteiger partial charge in [0, 0.05) is 13.6 Å². The minimum atomic E-state index is -1.17. The minimum absolute atomic E-state index is 0.0890. The van der Waals surface area contributed by atoms with Crippen molar-refractivity contribution in [2.24, 2.45) is 7.05 Å². The molecule has 1 amide bonds. The van der Waals surface area contributed by atoms with Crippen LogP contribution in [0.25, 0.3) is 0 Å². The van der Waals surface area contributed by atoms with E-state index >= 15 is 0 Å². The van der Waals surface area contributed by atoms with Crippen LogP contribution in [-0.4, -0.2) is 15.7 Å². The molecular weight excluding hydrogens is 307 g/mol. The fourth-order valence-electron chi connectivity index (χ4n) is 1.75. The molecular formula is C13H11ClF3N3O. The molecule has 2 rings (SSSR count). The van der Waals surface area contributed by atoms with Gasteiger partial charge >= 0.3 is 0 Å². The molecule has 21 heavy (non-hydrogen) atoms. The lowest BCUT2D eigenvalue weighted by molar-refractivity contribution is -0.120. The Morgan fingerprint density at radius 3 is 2.67 bits per heavy atom. The van der Waals surface area contributed by atoms with E-state index in [1.165, 1.54) is 17.8 Å². The number of amides is 1. The molecule has 1 N–H and O–H groups in total. The number of rotatable bonds is 4. The number of nitrogens with one attached hydrogen (secondary N) is 1. The van der Waals surface area contributed by atoms with Crippen LogP contribution in [0.5, 0.6) is 0 Å². The molecule has 0 saturated carbocycles. The Morgan fingerprint density at radius 2 is 2.05 bits per heavy atom. The first-order chi connectivity index (χ1) is 9.90. The van der Waals surface area contributed by atoms with Gasteiger partial charge in [-0.25, -0.2) is 13.2 Å². The molecule has 0 fully saturated rings. The summed E-state index contributed by atoms with van der Waals surface area (Å²) in [4.78, 5) is 11.7. The summed E-state index contributed by atoms with van der Waals surface area (Å²) < 4.78 is 40.7. The molecule has 2 aromatic rings. The maximum atomic E-state index is 13.3. The number of benzene rings is 1. The van der Waals surface area contributed by atoms with Gasteiger partial charge in [0.25, 0.3) is 0 Å². The van der Waals surface area contributed by atoms with Gasteiger partial charge in [0.15, 0.2) is 17.5 Å². The van der Waals surface area contributed by atoms with Gasteiger partial charge in [-0.2, -0.15) is 5.10 Å². The fraction of sp³-hybridized carbons (Fsp3) is 0.231. The number of hydrogen-bond donors (Lipinski definition) is 1. The van der Waals surface area contributed by atoms with E-state index in [1.54, 1.807) is 0 Å². The maximum absolute atomic E-state index is 13.3. The summed E-state index contributed by atoms with van der Waals surface area (Å²) in [6, 6.07) is 2.19. The number of carbonyl (C=O) groups excluding carboxylic acids is 1. The van der Waals surface area contributed by atoms with Gasteiger partial charge in [-0.15, -0.1) is 0 Å². The van der Waals surface area contributed by atoms with E-state index in [-0.39, 0.29) is 29.2 Å². The Morgan fingerprint density at radius 1 is 1.33 bits per heavy atom. The van der Waals surface area contributed by atoms with Gasteiger partial charge in [-0.05, 0) is 11.6 Å². The summed E-state index contributed by atoms with van der Waals surface area (Å²) in [6.07, 6.45) is 0.790. The highest BCUT2D eigenvalue weighted by atomic mass is 35.5. The number of hydrogen-bond acceptors (Lipinski definition) is 2. The molecule has 0 unspecified atom stereocenters. The molecule has 0 aliphatic heterocycles. The van der Waals surface area contributed by atoms with Crippen molar-refractivity contribution >= 4 is 17.5 Å². The molecule has 0 saturated heterocycles. The lowest BCUT2D eigenvalue weighted by Crippen LogP contribution is -2.26. The predicted molar refractivity (Wildman–Crippen MR) is 70.1 cm³/mol. The largest absolute Gasteiger partial charge is 0.352 e. The third kappa shape index (κ3) is 3.36. The van der Waals surface area contributed by atoms with Gasteiger partial charge < -0.3 is 5.32 Å². The van der Waals surface area contributed by atoms with Crippen LogP contribution in [0.2, 0.25) is 5.02 Å². The highest BCUT2D eigenvalue weighted by Gasteiger charge is 2.15. The van der Waals surface area contributed by atoms with Gasteiger partial charge in [0.2, 0.25) is 5.91 Å². The molecule has 4 nitrogen and oxygen atoms in total. The van der Waals surface area contributed by atoms with Crippen molar-refractivity contribution in [1.82, 2.24) is 15.1 Å². The van der Waals surface area contributed by atoms with Crippen molar-refractivity contribution in [3.63, 3.8) is 0 Å². The third-order valence-corrected chi connectivity index (χ3v) is 3.34. The average Bonchev–Trinajstić information content (AvgIpc) is 2.76. The van der Waals surface area contributed by atoms with E-state index in [0.29, 0.717) is 0 Å². The van der Waals surface area contributed by atoms with Gasteiger partial charge in [-0.1, -0.05) is 17.7 Å². The van der Waals surface area contributed by atoms with Crippen LogP contribution in [0.1, 0.15) is 11.3 Å². The van der Waals surface area contributed by atoms with Crippen molar-refractivity contribution in [3.8, 4) is 0 Å². The second-order valence-electron chi connectivity index (χ2n) is 4.35. The Bertz CT molecular complexity index is 668. The van der Waals surface area contributed by atoms with Crippen molar-refractivity contribution in [1.29, 1.82) is 0 Å².